The smallest absolute Gasteiger partial charge is 0.399 e. The third-order valence-electron chi connectivity index (χ3n) is 7.66. The van der Waals surface area contributed by atoms with Crippen molar-refractivity contribution in [2.45, 2.75) is 68.0 Å². The van der Waals surface area contributed by atoms with E-state index in [-0.39, 0.29) is 23.7 Å². The molecule has 1 fully saturated rings. The monoisotopic (exact) mass is 441 g/mol. The number of rotatable bonds is 1. The van der Waals surface area contributed by atoms with Crippen molar-refractivity contribution in [3.63, 3.8) is 0 Å². The summed E-state index contributed by atoms with van der Waals surface area (Å²) in [6, 6.07) is 22.1. The van der Waals surface area contributed by atoms with Crippen molar-refractivity contribution in [3.8, 4) is 0 Å². The molecule has 3 nitrogen and oxygen atoms in total. The highest BCUT2D eigenvalue weighted by Gasteiger charge is 2.52. The van der Waals surface area contributed by atoms with E-state index in [0.29, 0.717) is 0 Å². The summed E-state index contributed by atoms with van der Waals surface area (Å²) in [5.74, 6) is 0. The number of anilines is 3. The van der Waals surface area contributed by atoms with E-state index in [1.807, 2.05) is 11.8 Å². The minimum atomic E-state index is -0.374. The lowest BCUT2D eigenvalue weighted by Gasteiger charge is -2.45. The van der Waals surface area contributed by atoms with Crippen LogP contribution in [0.15, 0.2) is 70.5 Å². The Bertz CT molecular complexity index is 1250. The van der Waals surface area contributed by atoms with Crippen LogP contribution in [0.2, 0.25) is 0 Å². The van der Waals surface area contributed by atoms with E-state index in [4.69, 9.17) is 9.31 Å². The van der Waals surface area contributed by atoms with Crippen LogP contribution in [0.4, 0.5) is 17.1 Å². The van der Waals surface area contributed by atoms with E-state index < -0.39 is 0 Å². The second kappa shape index (κ2) is 6.44. The number of benzene rings is 3. The van der Waals surface area contributed by atoms with Crippen molar-refractivity contribution in [1.29, 1.82) is 0 Å². The molecule has 0 radical (unpaired) electrons. The molecule has 162 valence electrons. The topological polar surface area (TPSA) is 21.7 Å². The molecule has 0 aromatic heterocycles. The summed E-state index contributed by atoms with van der Waals surface area (Å²) in [5.41, 5.74) is 6.70. The van der Waals surface area contributed by atoms with Gasteiger partial charge in [-0.05, 0) is 68.6 Å². The van der Waals surface area contributed by atoms with Crippen LogP contribution in [0.1, 0.15) is 52.7 Å². The maximum Gasteiger partial charge on any atom is 0.494 e. The first-order chi connectivity index (χ1) is 15.1. The van der Waals surface area contributed by atoms with E-state index in [0.717, 1.165) is 5.46 Å². The molecular formula is C27H28BNO2S. The largest absolute Gasteiger partial charge is 0.494 e. The molecule has 0 aliphatic carbocycles. The molecule has 0 saturated carbocycles. The van der Waals surface area contributed by atoms with Gasteiger partial charge in [0.1, 0.15) is 0 Å². The van der Waals surface area contributed by atoms with Gasteiger partial charge in [-0.2, -0.15) is 0 Å². The fourth-order valence-electron chi connectivity index (χ4n) is 5.09. The average molecular weight is 441 g/mol. The lowest BCUT2D eigenvalue weighted by molar-refractivity contribution is 0.00578. The minimum Gasteiger partial charge on any atom is -0.399 e. The van der Waals surface area contributed by atoms with Crippen LogP contribution in [0.5, 0.6) is 0 Å². The van der Waals surface area contributed by atoms with Crippen molar-refractivity contribution < 1.29 is 9.31 Å². The second-order valence-electron chi connectivity index (χ2n) is 10.6. The van der Waals surface area contributed by atoms with Gasteiger partial charge in [-0.15, -0.1) is 0 Å². The van der Waals surface area contributed by atoms with E-state index in [1.165, 1.54) is 38.0 Å². The third-order valence-corrected chi connectivity index (χ3v) is 8.76. The van der Waals surface area contributed by atoms with Gasteiger partial charge in [0.2, 0.25) is 0 Å². The first kappa shape index (κ1) is 20.4. The van der Waals surface area contributed by atoms with Crippen LogP contribution in [0.25, 0.3) is 0 Å². The van der Waals surface area contributed by atoms with Crippen LogP contribution in [-0.4, -0.2) is 18.3 Å². The van der Waals surface area contributed by atoms with Crippen molar-refractivity contribution in [3.05, 3.63) is 71.8 Å². The standard InChI is InChI=1S/C27H28BNO2S/c1-25(2)18-11-7-8-12-20(18)29-21-13-9-10-14-22(21)32-23-16-17(15-19(25)24(23)29)28-30-26(3,4)27(5,6)31-28/h7-16H,1-6H3. The molecule has 0 bridgehead atoms. The lowest BCUT2D eigenvalue weighted by atomic mass is 9.69. The van der Waals surface area contributed by atoms with Gasteiger partial charge < -0.3 is 14.2 Å². The molecule has 5 heteroatoms. The van der Waals surface area contributed by atoms with E-state index in [2.05, 4.69) is 107 Å². The van der Waals surface area contributed by atoms with Crippen LogP contribution in [0.3, 0.4) is 0 Å². The normalized spacial score (nSPS) is 21.1. The molecule has 0 atom stereocenters. The highest BCUT2D eigenvalue weighted by Crippen LogP contribution is 2.59. The zero-order valence-electron chi connectivity index (χ0n) is 19.5. The molecule has 3 aromatic rings. The highest BCUT2D eigenvalue weighted by atomic mass is 32.2. The van der Waals surface area contributed by atoms with Gasteiger partial charge in [-0.1, -0.05) is 62.0 Å². The highest BCUT2D eigenvalue weighted by molar-refractivity contribution is 7.99. The Hall–Kier alpha value is -2.21. The first-order valence-corrected chi connectivity index (χ1v) is 12.1. The molecule has 0 spiro atoms. The molecule has 0 N–H and O–H groups in total. The molecule has 6 rings (SSSR count). The van der Waals surface area contributed by atoms with Crippen LogP contribution >= 0.6 is 11.8 Å². The summed E-state index contributed by atoms with van der Waals surface area (Å²) in [4.78, 5) is 4.98. The van der Waals surface area contributed by atoms with E-state index in [9.17, 15) is 0 Å². The number of fused-ring (bicyclic) bond motifs is 4. The van der Waals surface area contributed by atoms with Crippen molar-refractivity contribution in [2.75, 3.05) is 4.90 Å². The molecule has 0 amide bonds. The van der Waals surface area contributed by atoms with Crippen molar-refractivity contribution in [1.82, 2.24) is 0 Å². The Kier molecular flexibility index (Phi) is 4.10. The van der Waals surface area contributed by atoms with Gasteiger partial charge in [0, 0.05) is 15.2 Å². The molecule has 3 heterocycles. The number of para-hydroxylation sites is 2. The zero-order valence-corrected chi connectivity index (χ0v) is 20.3. The van der Waals surface area contributed by atoms with Crippen LogP contribution in [0, 0.1) is 0 Å². The van der Waals surface area contributed by atoms with Crippen LogP contribution in [-0.2, 0) is 14.7 Å². The van der Waals surface area contributed by atoms with E-state index in [1.54, 1.807) is 0 Å². The molecule has 3 aliphatic rings. The molecule has 3 aromatic carbocycles. The maximum absolute atomic E-state index is 6.45. The number of hydrogen-bond donors (Lipinski definition) is 0. The maximum atomic E-state index is 6.45. The summed E-state index contributed by atoms with van der Waals surface area (Å²) in [6.45, 7) is 13.1. The predicted molar refractivity (Wildman–Crippen MR) is 133 cm³/mol. The molecule has 32 heavy (non-hydrogen) atoms. The Balaban J connectivity index is 1.60. The average Bonchev–Trinajstić information content (AvgIpc) is 2.97. The van der Waals surface area contributed by atoms with Gasteiger partial charge >= 0.3 is 7.12 Å². The van der Waals surface area contributed by atoms with Gasteiger partial charge in [0.05, 0.1) is 28.3 Å². The fraction of sp³-hybridized carbons (Fsp3) is 0.333. The molecule has 0 unspecified atom stereocenters. The third kappa shape index (κ3) is 2.65. The summed E-state index contributed by atoms with van der Waals surface area (Å²) in [6.07, 6.45) is 0. The Labute approximate surface area is 195 Å². The van der Waals surface area contributed by atoms with E-state index >= 15 is 0 Å². The zero-order chi connectivity index (χ0) is 22.5. The van der Waals surface area contributed by atoms with Gasteiger partial charge in [0.25, 0.3) is 0 Å². The Morgan fingerprint density at radius 1 is 0.719 bits per heavy atom. The van der Waals surface area contributed by atoms with Gasteiger partial charge in [-0.25, -0.2) is 0 Å². The summed E-state index contributed by atoms with van der Waals surface area (Å²) in [5, 5.41) is 0. The predicted octanol–water partition coefficient (Wildman–Crippen LogP) is 6.56. The first-order valence-electron chi connectivity index (χ1n) is 11.3. The fourth-order valence-corrected chi connectivity index (χ4v) is 6.23. The lowest BCUT2D eigenvalue weighted by Crippen LogP contribution is -2.41. The minimum absolute atomic E-state index is 0.135. The SMILES string of the molecule is CC1(C)c2ccccc2N2c3ccccc3Sc3cc(B4OC(C)(C)C(C)(C)O4)cc1c32. The van der Waals surface area contributed by atoms with Crippen LogP contribution < -0.4 is 10.4 Å². The van der Waals surface area contributed by atoms with Gasteiger partial charge in [-0.3, -0.25) is 0 Å². The number of nitrogens with zero attached hydrogens (tertiary/aromatic N) is 1. The summed E-state index contributed by atoms with van der Waals surface area (Å²) >= 11 is 1.85. The Morgan fingerprint density at radius 2 is 1.34 bits per heavy atom. The second-order valence-corrected chi connectivity index (χ2v) is 11.6. The number of hydrogen-bond acceptors (Lipinski definition) is 4. The Morgan fingerprint density at radius 3 is 2.06 bits per heavy atom. The summed E-state index contributed by atoms with van der Waals surface area (Å²) in [7, 11) is -0.374. The molecular weight excluding hydrogens is 413 g/mol. The van der Waals surface area contributed by atoms with Gasteiger partial charge in [0.15, 0.2) is 0 Å². The summed E-state index contributed by atoms with van der Waals surface area (Å²) < 4.78 is 12.9. The molecule has 1 saturated heterocycles. The van der Waals surface area contributed by atoms with Crippen molar-refractivity contribution in [2.24, 2.45) is 0 Å². The molecule has 3 aliphatic heterocycles. The van der Waals surface area contributed by atoms with Crippen molar-refractivity contribution >= 4 is 41.4 Å². The quantitative estimate of drug-likeness (QED) is 0.312.